The SMILES string of the molecule is O=C(Cc1ncc2ccc(-c3cncs3)cc2n1)C1CCN(CC2(C(F)(F)F)CC2)CC1. The number of carbonyl (C=O) groups is 1. The molecule has 168 valence electrons. The molecule has 0 atom stereocenters. The van der Waals surface area contributed by atoms with Crippen LogP contribution < -0.4 is 0 Å². The van der Waals surface area contributed by atoms with E-state index in [2.05, 4.69) is 15.0 Å². The van der Waals surface area contributed by atoms with Crippen molar-refractivity contribution in [1.29, 1.82) is 0 Å². The van der Waals surface area contributed by atoms with Gasteiger partial charge in [-0.25, -0.2) is 9.97 Å². The van der Waals surface area contributed by atoms with E-state index in [-0.39, 0.29) is 37.5 Å². The fourth-order valence-electron chi connectivity index (χ4n) is 4.48. The Bertz CT molecular complexity index is 1120. The van der Waals surface area contributed by atoms with Crippen molar-refractivity contribution in [3.05, 3.63) is 41.9 Å². The second-order valence-electron chi connectivity index (χ2n) is 8.90. The monoisotopic (exact) mass is 460 g/mol. The summed E-state index contributed by atoms with van der Waals surface area (Å²) in [6.45, 7) is 1.13. The third kappa shape index (κ3) is 4.28. The number of Topliss-reactive ketones (excluding diaryl/α,β-unsaturated/α-hetero) is 1. The van der Waals surface area contributed by atoms with Crippen LogP contribution in [0.4, 0.5) is 13.2 Å². The number of hydrogen-bond donors (Lipinski definition) is 0. The third-order valence-corrected chi connectivity index (χ3v) is 7.53. The Labute approximate surface area is 187 Å². The second kappa shape index (κ2) is 8.19. The van der Waals surface area contributed by atoms with Crippen LogP contribution in [0, 0.1) is 11.3 Å². The second-order valence-corrected chi connectivity index (χ2v) is 9.78. The molecule has 9 heteroatoms. The zero-order chi connectivity index (χ0) is 22.3. The Balaban J connectivity index is 1.21. The van der Waals surface area contributed by atoms with Crippen molar-refractivity contribution in [1.82, 2.24) is 19.9 Å². The van der Waals surface area contributed by atoms with Gasteiger partial charge in [-0.15, -0.1) is 11.3 Å². The van der Waals surface area contributed by atoms with Crippen LogP contribution in [0.2, 0.25) is 0 Å². The third-order valence-electron chi connectivity index (χ3n) is 6.71. The lowest BCUT2D eigenvalue weighted by molar-refractivity contribution is -0.192. The van der Waals surface area contributed by atoms with Gasteiger partial charge in [-0.1, -0.05) is 12.1 Å². The van der Waals surface area contributed by atoms with E-state index in [1.54, 1.807) is 23.0 Å². The molecule has 1 aromatic carbocycles. The highest BCUT2D eigenvalue weighted by Crippen LogP contribution is 2.58. The van der Waals surface area contributed by atoms with Crippen LogP contribution in [0.1, 0.15) is 31.5 Å². The lowest BCUT2D eigenvalue weighted by atomic mass is 9.90. The molecule has 0 radical (unpaired) electrons. The number of thiazole rings is 1. The maximum absolute atomic E-state index is 13.2. The Morgan fingerprint density at radius 1 is 1.19 bits per heavy atom. The number of halogens is 3. The van der Waals surface area contributed by atoms with E-state index in [0.29, 0.717) is 31.8 Å². The van der Waals surface area contributed by atoms with Crippen LogP contribution >= 0.6 is 11.3 Å². The van der Waals surface area contributed by atoms with Crippen molar-refractivity contribution in [2.75, 3.05) is 19.6 Å². The van der Waals surface area contributed by atoms with E-state index in [4.69, 9.17) is 0 Å². The van der Waals surface area contributed by atoms with Gasteiger partial charge in [-0.2, -0.15) is 13.2 Å². The van der Waals surface area contributed by atoms with Crippen molar-refractivity contribution < 1.29 is 18.0 Å². The van der Waals surface area contributed by atoms with E-state index >= 15 is 0 Å². The summed E-state index contributed by atoms with van der Waals surface area (Å²) >= 11 is 1.55. The van der Waals surface area contributed by atoms with E-state index < -0.39 is 11.6 Å². The number of hydrogen-bond acceptors (Lipinski definition) is 6. The Hall–Kier alpha value is -2.39. The van der Waals surface area contributed by atoms with Gasteiger partial charge in [0.25, 0.3) is 0 Å². The Kier molecular flexibility index (Phi) is 5.49. The van der Waals surface area contributed by atoms with Gasteiger partial charge >= 0.3 is 6.18 Å². The minimum absolute atomic E-state index is 0.0628. The van der Waals surface area contributed by atoms with Crippen LogP contribution in [0.5, 0.6) is 0 Å². The first kappa shape index (κ1) is 21.5. The number of aromatic nitrogens is 3. The molecule has 2 aromatic heterocycles. The summed E-state index contributed by atoms with van der Waals surface area (Å²) in [6.07, 6.45) is 1.19. The topological polar surface area (TPSA) is 59.0 Å². The maximum atomic E-state index is 13.2. The van der Waals surface area contributed by atoms with Crippen molar-refractivity contribution >= 4 is 28.0 Å². The lowest BCUT2D eigenvalue weighted by Gasteiger charge is -2.34. The molecule has 1 saturated heterocycles. The number of alkyl halides is 3. The molecular formula is C23H23F3N4OS. The summed E-state index contributed by atoms with van der Waals surface area (Å²) in [5.41, 5.74) is 2.07. The van der Waals surface area contributed by atoms with Gasteiger partial charge in [0.15, 0.2) is 0 Å². The predicted octanol–water partition coefficient (Wildman–Crippen LogP) is 4.92. The van der Waals surface area contributed by atoms with E-state index in [0.717, 1.165) is 21.3 Å². The van der Waals surface area contributed by atoms with Gasteiger partial charge in [0.05, 0.1) is 27.7 Å². The van der Waals surface area contributed by atoms with Gasteiger partial charge in [0, 0.05) is 30.2 Å². The van der Waals surface area contributed by atoms with Crippen LogP contribution in [0.15, 0.2) is 36.1 Å². The largest absolute Gasteiger partial charge is 0.395 e. The lowest BCUT2D eigenvalue weighted by Crippen LogP contribution is -2.43. The van der Waals surface area contributed by atoms with E-state index in [9.17, 15) is 18.0 Å². The number of ketones is 1. The molecule has 1 aliphatic heterocycles. The van der Waals surface area contributed by atoms with Gasteiger partial charge in [-0.05, 0) is 50.4 Å². The van der Waals surface area contributed by atoms with Crippen LogP contribution in [0.25, 0.3) is 21.3 Å². The molecule has 5 nitrogen and oxygen atoms in total. The number of piperidine rings is 1. The van der Waals surface area contributed by atoms with Crippen molar-refractivity contribution in [2.45, 2.75) is 38.3 Å². The number of benzene rings is 1. The van der Waals surface area contributed by atoms with Crippen LogP contribution in [-0.2, 0) is 11.2 Å². The zero-order valence-corrected chi connectivity index (χ0v) is 18.3. The highest BCUT2D eigenvalue weighted by atomic mass is 32.1. The van der Waals surface area contributed by atoms with Gasteiger partial charge in [0.1, 0.15) is 11.6 Å². The Morgan fingerprint density at radius 2 is 1.97 bits per heavy atom. The average molecular weight is 461 g/mol. The van der Waals surface area contributed by atoms with Crippen LogP contribution in [-0.4, -0.2) is 51.4 Å². The first-order valence-corrected chi connectivity index (χ1v) is 11.7. The molecular weight excluding hydrogens is 437 g/mol. The highest BCUT2D eigenvalue weighted by Gasteiger charge is 2.63. The average Bonchev–Trinajstić information content (AvgIpc) is 3.36. The summed E-state index contributed by atoms with van der Waals surface area (Å²) in [5.74, 6) is 0.412. The van der Waals surface area contributed by atoms with Crippen molar-refractivity contribution in [2.24, 2.45) is 11.3 Å². The maximum Gasteiger partial charge on any atom is 0.395 e. The predicted molar refractivity (Wildman–Crippen MR) is 116 cm³/mol. The van der Waals surface area contributed by atoms with E-state index in [1.165, 1.54) is 0 Å². The molecule has 1 saturated carbocycles. The molecule has 0 N–H and O–H groups in total. The summed E-state index contributed by atoms with van der Waals surface area (Å²) in [5, 5.41) is 0.904. The first-order chi connectivity index (χ1) is 15.3. The van der Waals surface area contributed by atoms with Crippen LogP contribution in [0.3, 0.4) is 0 Å². The quantitative estimate of drug-likeness (QED) is 0.523. The molecule has 2 fully saturated rings. The number of rotatable bonds is 6. The number of fused-ring (bicyclic) bond motifs is 1. The number of carbonyl (C=O) groups excluding carboxylic acids is 1. The van der Waals surface area contributed by atoms with Gasteiger partial charge in [-0.3, -0.25) is 9.78 Å². The normalized spacial score (nSPS) is 19.3. The minimum atomic E-state index is -4.13. The molecule has 0 unspecified atom stereocenters. The summed E-state index contributed by atoms with van der Waals surface area (Å²) in [4.78, 5) is 28.8. The molecule has 0 bridgehead atoms. The first-order valence-electron chi connectivity index (χ1n) is 10.8. The standard InChI is InChI=1S/C23H23F3N4OS/c24-23(25,26)22(5-6-22)13-30-7-3-15(4-8-30)19(31)10-21-28-11-17-2-1-16(9-18(17)29-21)20-12-27-14-32-20/h1-2,9,11-12,14-15H,3-8,10,13H2. The molecule has 3 heterocycles. The number of nitrogens with zero attached hydrogens (tertiary/aromatic N) is 4. The molecule has 32 heavy (non-hydrogen) atoms. The molecule has 2 aliphatic rings. The smallest absolute Gasteiger partial charge is 0.302 e. The molecule has 1 aliphatic carbocycles. The summed E-state index contributed by atoms with van der Waals surface area (Å²) in [7, 11) is 0. The van der Waals surface area contributed by atoms with E-state index in [1.807, 2.05) is 29.3 Å². The fraction of sp³-hybridized carbons (Fsp3) is 0.478. The molecule has 0 amide bonds. The van der Waals surface area contributed by atoms with Gasteiger partial charge in [0.2, 0.25) is 0 Å². The zero-order valence-electron chi connectivity index (χ0n) is 17.4. The Morgan fingerprint density at radius 3 is 2.62 bits per heavy atom. The summed E-state index contributed by atoms with van der Waals surface area (Å²) in [6, 6.07) is 5.94. The number of likely N-dealkylation sites (tertiary alicyclic amines) is 1. The van der Waals surface area contributed by atoms with Crippen molar-refractivity contribution in [3.63, 3.8) is 0 Å². The van der Waals surface area contributed by atoms with Crippen molar-refractivity contribution in [3.8, 4) is 10.4 Å². The molecule has 5 rings (SSSR count). The summed E-state index contributed by atoms with van der Waals surface area (Å²) < 4.78 is 39.7. The highest BCUT2D eigenvalue weighted by molar-refractivity contribution is 7.13. The molecule has 0 spiro atoms. The molecule has 3 aromatic rings. The van der Waals surface area contributed by atoms with Gasteiger partial charge < -0.3 is 4.90 Å². The fourth-order valence-corrected chi connectivity index (χ4v) is 5.10. The minimum Gasteiger partial charge on any atom is -0.302 e.